The average molecular weight is 407 g/mol. The summed E-state index contributed by atoms with van der Waals surface area (Å²) in [6.07, 6.45) is 0. The van der Waals surface area contributed by atoms with Crippen molar-refractivity contribution < 1.29 is 9.18 Å². The summed E-state index contributed by atoms with van der Waals surface area (Å²) in [4.78, 5) is 12.0. The average Bonchev–Trinajstić information content (AvgIpc) is 2.38. The number of anilines is 1. The van der Waals surface area contributed by atoms with Gasteiger partial charge in [0, 0.05) is 0 Å². The molecule has 0 aliphatic carbocycles. The van der Waals surface area contributed by atoms with E-state index in [0.29, 0.717) is 15.2 Å². The zero-order valence-corrected chi connectivity index (χ0v) is 13.3. The van der Waals surface area contributed by atoms with Crippen molar-refractivity contribution in [2.75, 3.05) is 5.32 Å². The molecule has 2 aromatic carbocycles. The molecule has 0 atom stereocenters. The number of carbonyl (C=O) groups excluding carboxylic acids is 1. The molecule has 6 heteroatoms. The largest absolute Gasteiger partial charge is 0.321 e. The molecule has 2 aromatic rings. The third-order valence-corrected chi connectivity index (χ3v) is 4.41. The van der Waals surface area contributed by atoms with Gasteiger partial charge in [-0.3, -0.25) is 4.79 Å². The van der Waals surface area contributed by atoms with E-state index in [4.69, 9.17) is 11.6 Å². The van der Waals surface area contributed by atoms with Crippen molar-refractivity contribution in [3.8, 4) is 0 Å². The van der Waals surface area contributed by atoms with Gasteiger partial charge in [0.15, 0.2) is 0 Å². The number of carbonyl (C=O) groups is 1. The van der Waals surface area contributed by atoms with Crippen molar-refractivity contribution in [1.82, 2.24) is 0 Å². The SMILES string of the molecule is O=C(Nc1cccc(Cl)c1Br)c1cccc(Br)c1F. The summed E-state index contributed by atoms with van der Waals surface area (Å²) in [5.74, 6) is -1.14. The van der Waals surface area contributed by atoms with E-state index in [0.717, 1.165) is 0 Å². The Kier molecular flexibility index (Phi) is 4.60. The monoisotopic (exact) mass is 405 g/mol. The highest BCUT2D eigenvalue weighted by molar-refractivity contribution is 9.11. The van der Waals surface area contributed by atoms with Gasteiger partial charge in [-0.05, 0) is 56.1 Å². The van der Waals surface area contributed by atoms with Crippen LogP contribution in [0.5, 0.6) is 0 Å². The van der Waals surface area contributed by atoms with Gasteiger partial charge in [-0.25, -0.2) is 4.39 Å². The highest BCUT2D eigenvalue weighted by atomic mass is 79.9. The molecule has 0 radical (unpaired) electrons. The van der Waals surface area contributed by atoms with E-state index in [1.807, 2.05) is 0 Å². The molecule has 0 heterocycles. The molecule has 1 amide bonds. The predicted octanol–water partition coefficient (Wildman–Crippen LogP) is 5.26. The second kappa shape index (κ2) is 6.03. The molecule has 0 aromatic heterocycles. The van der Waals surface area contributed by atoms with Crippen molar-refractivity contribution >= 4 is 55.1 Å². The van der Waals surface area contributed by atoms with Crippen LogP contribution in [0.3, 0.4) is 0 Å². The minimum atomic E-state index is -0.599. The molecule has 2 rings (SSSR count). The number of rotatable bonds is 2. The van der Waals surface area contributed by atoms with E-state index in [1.165, 1.54) is 12.1 Å². The van der Waals surface area contributed by atoms with E-state index in [1.54, 1.807) is 24.3 Å². The van der Waals surface area contributed by atoms with Gasteiger partial charge in [-0.15, -0.1) is 0 Å². The third-order valence-electron chi connectivity index (χ3n) is 2.40. The fraction of sp³-hybridized carbons (Fsp3) is 0. The molecule has 98 valence electrons. The van der Waals surface area contributed by atoms with E-state index in [9.17, 15) is 9.18 Å². The maximum Gasteiger partial charge on any atom is 0.258 e. The van der Waals surface area contributed by atoms with Crippen molar-refractivity contribution in [3.63, 3.8) is 0 Å². The lowest BCUT2D eigenvalue weighted by molar-refractivity contribution is 0.102. The van der Waals surface area contributed by atoms with Gasteiger partial charge >= 0.3 is 0 Å². The maximum atomic E-state index is 13.8. The Labute approximate surface area is 131 Å². The van der Waals surface area contributed by atoms with Crippen LogP contribution in [0.15, 0.2) is 45.3 Å². The first-order chi connectivity index (χ1) is 9.00. The van der Waals surface area contributed by atoms with Crippen molar-refractivity contribution in [2.45, 2.75) is 0 Å². The molecule has 2 nitrogen and oxygen atoms in total. The molecule has 0 aliphatic heterocycles. The quantitative estimate of drug-likeness (QED) is 0.723. The smallest absolute Gasteiger partial charge is 0.258 e. The van der Waals surface area contributed by atoms with E-state index < -0.39 is 11.7 Å². The van der Waals surface area contributed by atoms with Crippen molar-refractivity contribution in [3.05, 3.63) is 61.7 Å². The predicted molar refractivity (Wildman–Crippen MR) is 81.2 cm³/mol. The van der Waals surface area contributed by atoms with E-state index in [2.05, 4.69) is 37.2 Å². The lowest BCUT2D eigenvalue weighted by Crippen LogP contribution is -2.14. The molecule has 0 fully saturated rings. The molecule has 0 saturated heterocycles. The Hall–Kier alpha value is -0.910. The van der Waals surface area contributed by atoms with Gasteiger partial charge in [-0.1, -0.05) is 23.7 Å². The standard InChI is InChI=1S/C13H7Br2ClFNO/c14-8-4-1-3-7(12(8)17)13(19)18-10-6-2-5-9(16)11(10)15/h1-6H,(H,18,19). The van der Waals surface area contributed by atoms with Gasteiger partial charge in [-0.2, -0.15) is 0 Å². The molecule has 0 bridgehead atoms. The molecular weight excluding hydrogens is 400 g/mol. The Morgan fingerprint density at radius 2 is 1.84 bits per heavy atom. The third kappa shape index (κ3) is 3.16. The Bertz CT molecular complexity index is 649. The van der Waals surface area contributed by atoms with Crippen molar-refractivity contribution in [1.29, 1.82) is 0 Å². The molecule has 0 saturated carbocycles. The highest BCUT2D eigenvalue weighted by Crippen LogP contribution is 2.30. The summed E-state index contributed by atoms with van der Waals surface area (Å²) in [5.41, 5.74) is 0.443. The van der Waals surface area contributed by atoms with Crippen molar-refractivity contribution in [2.24, 2.45) is 0 Å². The molecule has 0 spiro atoms. The first kappa shape index (κ1) is 14.5. The van der Waals surface area contributed by atoms with Crippen LogP contribution in [0, 0.1) is 5.82 Å². The first-order valence-corrected chi connectivity index (χ1v) is 7.16. The summed E-state index contributed by atoms with van der Waals surface area (Å²) >= 11 is 12.2. The second-order valence-electron chi connectivity index (χ2n) is 3.66. The summed E-state index contributed by atoms with van der Waals surface area (Å²) < 4.78 is 14.6. The van der Waals surface area contributed by atoms with Crippen LogP contribution in [0.4, 0.5) is 10.1 Å². The first-order valence-electron chi connectivity index (χ1n) is 5.20. The van der Waals surface area contributed by atoms with Crippen LogP contribution in [0.25, 0.3) is 0 Å². The second-order valence-corrected chi connectivity index (χ2v) is 5.71. The molecule has 1 N–H and O–H groups in total. The number of amides is 1. The van der Waals surface area contributed by atoms with Crippen LogP contribution < -0.4 is 5.32 Å². The number of hydrogen-bond donors (Lipinski definition) is 1. The molecular formula is C13H7Br2ClFNO. The van der Waals surface area contributed by atoms with Gasteiger partial charge in [0.05, 0.1) is 25.2 Å². The normalized spacial score (nSPS) is 10.3. The van der Waals surface area contributed by atoms with E-state index in [-0.39, 0.29) is 10.0 Å². The number of halogens is 4. The topological polar surface area (TPSA) is 29.1 Å². The van der Waals surface area contributed by atoms with Crippen LogP contribution >= 0.6 is 43.5 Å². The minimum Gasteiger partial charge on any atom is -0.321 e. The number of hydrogen-bond acceptors (Lipinski definition) is 1. The Morgan fingerprint density at radius 3 is 2.58 bits per heavy atom. The maximum absolute atomic E-state index is 13.8. The van der Waals surface area contributed by atoms with Crippen LogP contribution in [0.1, 0.15) is 10.4 Å². The fourth-order valence-corrected chi connectivity index (χ4v) is 2.37. The summed E-state index contributed by atoms with van der Waals surface area (Å²) in [7, 11) is 0. The lowest BCUT2D eigenvalue weighted by atomic mass is 10.2. The number of benzene rings is 2. The van der Waals surface area contributed by atoms with Gasteiger partial charge in [0.2, 0.25) is 0 Å². The number of nitrogens with one attached hydrogen (secondary N) is 1. The van der Waals surface area contributed by atoms with Crippen LogP contribution in [-0.2, 0) is 0 Å². The van der Waals surface area contributed by atoms with Gasteiger partial charge in [0.1, 0.15) is 5.82 Å². The molecule has 0 aliphatic rings. The Morgan fingerprint density at radius 1 is 1.16 bits per heavy atom. The lowest BCUT2D eigenvalue weighted by Gasteiger charge is -2.09. The highest BCUT2D eigenvalue weighted by Gasteiger charge is 2.15. The van der Waals surface area contributed by atoms with Gasteiger partial charge < -0.3 is 5.32 Å². The summed E-state index contributed by atoms with van der Waals surface area (Å²) in [6.45, 7) is 0. The van der Waals surface area contributed by atoms with Gasteiger partial charge in [0.25, 0.3) is 5.91 Å². The zero-order valence-electron chi connectivity index (χ0n) is 9.38. The van der Waals surface area contributed by atoms with Crippen LogP contribution in [-0.4, -0.2) is 5.91 Å². The summed E-state index contributed by atoms with van der Waals surface area (Å²) in [6, 6.07) is 9.58. The van der Waals surface area contributed by atoms with E-state index >= 15 is 0 Å². The zero-order chi connectivity index (χ0) is 14.0. The minimum absolute atomic E-state index is 0.0405. The molecule has 0 unspecified atom stereocenters. The van der Waals surface area contributed by atoms with Crippen LogP contribution in [0.2, 0.25) is 5.02 Å². The Balaban J connectivity index is 2.31. The molecule has 19 heavy (non-hydrogen) atoms. The fourth-order valence-electron chi connectivity index (χ4n) is 1.47. The summed E-state index contributed by atoms with van der Waals surface area (Å²) in [5, 5.41) is 3.07.